The number of likely N-dealkylation sites (N-methyl/N-ethyl adjacent to an activating group) is 2. The number of anilines is 2. The van der Waals surface area contributed by atoms with Crippen LogP contribution in [0.4, 0.5) is 11.4 Å². The summed E-state index contributed by atoms with van der Waals surface area (Å²) < 4.78 is 0. The monoisotopic (exact) mass is 510 g/mol. The summed E-state index contributed by atoms with van der Waals surface area (Å²) in [5.74, 6) is 6.05. The Balaban J connectivity index is 1.75. The third kappa shape index (κ3) is 7.21. The van der Waals surface area contributed by atoms with Crippen LogP contribution in [0.5, 0.6) is 0 Å². The Labute approximate surface area is 217 Å². The molecule has 2 aromatic carbocycles. The first kappa shape index (κ1) is 27.0. The van der Waals surface area contributed by atoms with Crippen LogP contribution in [-0.4, -0.2) is 41.8 Å². The molecular weight excluding hydrogens is 477 g/mol. The summed E-state index contributed by atoms with van der Waals surface area (Å²) in [6.45, 7) is 13.2. The molecule has 184 valence electrons. The maximum Gasteiger partial charge on any atom is 0.204 e. The number of nitrogens with zero attached hydrogens (tertiary/aromatic N) is 2. The van der Waals surface area contributed by atoms with Crippen molar-refractivity contribution in [2.45, 2.75) is 39.3 Å². The Kier molecular flexibility index (Phi) is 7.94. The van der Waals surface area contributed by atoms with Crippen molar-refractivity contribution in [3.05, 3.63) is 83.2 Å². The summed E-state index contributed by atoms with van der Waals surface area (Å²) in [6.07, 6.45) is 2.84. The Morgan fingerprint density at radius 1 is 0.556 bits per heavy atom. The van der Waals surface area contributed by atoms with E-state index in [0.717, 1.165) is 22.5 Å². The average Bonchev–Trinajstić information content (AvgIpc) is 2.81. The van der Waals surface area contributed by atoms with Gasteiger partial charge in [-0.2, -0.15) is 0 Å². The van der Waals surface area contributed by atoms with E-state index < -0.39 is 16.1 Å². The van der Waals surface area contributed by atoms with E-state index in [1.54, 1.807) is 23.9 Å². The minimum absolute atomic E-state index is 0.209. The molecule has 0 saturated heterocycles. The van der Waals surface area contributed by atoms with Gasteiger partial charge in [-0.05, 0) is 48.5 Å². The molecule has 1 aliphatic carbocycles. The zero-order valence-corrected chi connectivity index (χ0v) is 24.5. The quantitative estimate of drug-likeness (QED) is 0.303. The summed E-state index contributed by atoms with van der Waals surface area (Å²) >= 11 is 0. The highest BCUT2D eigenvalue weighted by Gasteiger charge is 2.26. The number of benzene rings is 2. The van der Waals surface area contributed by atoms with Gasteiger partial charge < -0.3 is 9.80 Å². The lowest BCUT2D eigenvalue weighted by molar-refractivity contribution is -0.115. The van der Waals surface area contributed by atoms with Gasteiger partial charge in [-0.3, -0.25) is 9.59 Å². The second-order valence-corrected chi connectivity index (χ2v) is 20.5. The molecule has 0 aromatic heterocycles. The van der Waals surface area contributed by atoms with E-state index in [4.69, 9.17) is 0 Å². The summed E-state index contributed by atoms with van der Waals surface area (Å²) in [5.41, 5.74) is 10.9. The van der Waals surface area contributed by atoms with Crippen LogP contribution in [-0.2, 0) is 9.59 Å². The molecule has 1 aliphatic rings. The SMILES string of the molecule is CN(C1=CC(=O)C(N(C)c2ccc(C#C[Si](C)(C)C)cc2)=CC1=O)c1ccc(C#C[Si](C)(C)C)cc1. The maximum atomic E-state index is 13.0. The van der Waals surface area contributed by atoms with Crippen LogP contribution in [0.25, 0.3) is 0 Å². The van der Waals surface area contributed by atoms with E-state index in [1.807, 2.05) is 48.5 Å². The minimum atomic E-state index is -1.45. The molecule has 4 nitrogen and oxygen atoms in total. The van der Waals surface area contributed by atoms with Gasteiger partial charge in [0.15, 0.2) is 0 Å². The van der Waals surface area contributed by atoms with E-state index in [9.17, 15) is 9.59 Å². The topological polar surface area (TPSA) is 40.6 Å². The van der Waals surface area contributed by atoms with Gasteiger partial charge >= 0.3 is 0 Å². The van der Waals surface area contributed by atoms with Crippen molar-refractivity contribution in [2.24, 2.45) is 0 Å². The molecule has 0 atom stereocenters. The molecule has 0 bridgehead atoms. The molecule has 0 spiro atoms. The molecule has 0 N–H and O–H groups in total. The van der Waals surface area contributed by atoms with Crippen molar-refractivity contribution >= 4 is 39.1 Å². The van der Waals surface area contributed by atoms with Crippen molar-refractivity contribution in [3.63, 3.8) is 0 Å². The van der Waals surface area contributed by atoms with E-state index in [2.05, 4.69) is 62.2 Å². The van der Waals surface area contributed by atoms with Gasteiger partial charge in [0.1, 0.15) is 16.1 Å². The van der Waals surface area contributed by atoms with Crippen LogP contribution in [0.3, 0.4) is 0 Å². The lowest BCUT2D eigenvalue weighted by Crippen LogP contribution is -2.31. The fraction of sp³-hybridized carbons (Fsp3) is 0.267. The van der Waals surface area contributed by atoms with Crippen molar-refractivity contribution < 1.29 is 9.59 Å². The number of hydrogen-bond acceptors (Lipinski definition) is 4. The first-order chi connectivity index (χ1) is 16.7. The molecule has 6 heteroatoms. The highest BCUT2D eigenvalue weighted by atomic mass is 28.3. The molecule has 0 unspecified atom stereocenters. The summed E-state index contributed by atoms with van der Waals surface area (Å²) in [7, 11) is 0.686. The van der Waals surface area contributed by atoms with Gasteiger partial charge in [-0.25, -0.2) is 0 Å². The fourth-order valence-corrected chi connectivity index (χ4v) is 4.44. The van der Waals surface area contributed by atoms with Gasteiger partial charge in [0.25, 0.3) is 0 Å². The zero-order valence-electron chi connectivity index (χ0n) is 22.5. The van der Waals surface area contributed by atoms with Crippen LogP contribution >= 0.6 is 0 Å². The lowest BCUT2D eigenvalue weighted by atomic mass is 10.0. The largest absolute Gasteiger partial charge is 0.341 e. The van der Waals surface area contributed by atoms with Crippen molar-refractivity contribution in [1.29, 1.82) is 0 Å². The van der Waals surface area contributed by atoms with Crippen LogP contribution in [0.2, 0.25) is 39.3 Å². The number of allylic oxidation sites excluding steroid dienone is 2. The Bertz CT molecular complexity index is 1240. The summed E-state index contributed by atoms with van der Waals surface area (Å²) in [6, 6.07) is 15.5. The van der Waals surface area contributed by atoms with Gasteiger partial charge in [0, 0.05) is 48.7 Å². The number of rotatable bonds is 4. The molecule has 2 aromatic rings. The van der Waals surface area contributed by atoms with E-state index in [-0.39, 0.29) is 11.6 Å². The van der Waals surface area contributed by atoms with Crippen LogP contribution in [0.15, 0.2) is 72.1 Å². The first-order valence-electron chi connectivity index (χ1n) is 12.0. The number of hydrogen-bond donors (Lipinski definition) is 0. The first-order valence-corrected chi connectivity index (χ1v) is 19.0. The predicted molar refractivity (Wildman–Crippen MR) is 156 cm³/mol. The normalized spacial score (nSPS) is 13.6. The number of ketones is 2. The summed E-state index contributed by atoms with van der Waals surface area (Å²) in [5, 5.41) is 0. The van der Waals surface area contributed by atoms with Gasteiger partial charge in [0.2, 0.25) is 11.6 Å². The molecular formula is C30H34N2O2Si2. The van der Waals surface area contributed by atoms with Gasteiger partial charge in [0.05, 0.1) is 11.4 Å². The smallest absolute Gasteiger partial charge is 0.204 e. The third-order valence-corrected chi connectivity index (χ3v) is 7.19. The van der Waals surface area contributed by atoms with Crippen molar-refractivity contribution in [1.82, 2.24) is 0 Å². The minimum Gasteiger partial charge on any atom is -0.341 e. The van der Waals surface area contributed by atoms with Gasteiger partial charge in [-0.1, -0.05) is 51.1 Å². The van der Waals surface area contributed by atoms with E-state index in [1.165, 1.54) is 12.2 Å². The predicted octanol–water partition coefficient (Wildman–Crippen LogP) is 5.64. The number of carbonyl (C=O) groups excluding carboxylic acids is 2. The van der Waals surface area contributed by atoms with Crippen molar-refractivity contribution in [3.8, 4) is 22.9 Å². The fourth-order valence-electron chi connectivity index (χ4n) is 3.40. The Morgan fingerprint density at radius 3 is 1.14 bits per heavy atom. The third-order valence-electron chi connectivity index (χ3n) is 5.44. The standard InChI is InChI=1S/C30H34N2O2Si2/c1-31(25-13-9-23(10-14-25)17-19-35(3,4)5)27-21-30(34)28(22-29(27)33)32(2)26-15-11-24(12-16-26)18-20-36(6,7)8/h9-16,21-22H,1-8H3. The van der Waals surface area contributed by atoms with Gasteiger partial charge in [-0.15, -0.1) is 11.1 Å². The highest BCUT2D eigenvalue weighted by molar-refractivity contribution is 6.84. The molecule has 0 aliphatic heterocycles. The molecule has 0 fully saturated rings. The average molecular weight is 511 g/mol. The zero-order chi connectivity index (χ0) is 26.7. The molecule has 0 radical (unpaired) electrons. The molecule has 0 saturated carbocycles. The maximum absolute atomic E-state index is 13.0. The van der Waals surface area contributed by atoms with Crippen molar-refractivity contribution in [2.75, 3.05) is 23.9 Å². The van der Waals surface area contributed by atoms with E-state index >= 15 is 0 Å². The highest BCUT2D eigenvalue weighted by Crippen LogP contribution is 2.25. The molecule has 36 heavy (non-hydrogen) atoms. The molecule has 3 rings (SSSR count). The van der Waals surface area contributed by atoms with Crippen LogP contribution in [0, 0.1) is 22.9 Å². The molecule has 0 heterocycles. The Hall–Kier alpha value is -3.59. The molecule has 0 amide bonds. The second kappa shape index (κ2) is 10.6. The lowest BCUT2D eigenvalue weighted by Gasteiger charge is -2.27. The van der Waals surface area contributed by atoms with E-state index in [0.29, 0.717) is 11.4 Å². The second-order valence-electron chi connectivity index (χ2n) is 11.0. The summed E-state index contributed by atoms with van der Waals surface area (Å²) in [4.78, 5) is 29.5. The van der Waals surface area contributed by atoms with Crippen LogP contribution in [0.1, 0.15) is 11.1 Å². The number of carbonyl (C=O) groups is 2. The van der Waals surface area contributed by atoms with Crippen LogP contribution < -0.4 is 9.80 Å². The Morgan fingerprint density at radius 2 is 0.861 bits per heavy atom.